The molecule has 1 unspecified atom stereocenters. The predicted octanol–water partition coefficient (Wildman–Crippen LogP) is 5.03. The first-order chi connectivity index (χ1) is 14.6. The lowest BCUT2D eigenvalue weighted by molar-refractivity contribution is -0.113. The van der Waals surface area contributed by atoms with Gasteiger partial charge in [0.05, 0.1) is 18.8 Å². The molecule has 5 nitrogen and oxygen atoms in total. The molecule has 0 saturated carbocycles. The summed E-state index contributed by atoms with van der Waals surface area (Å²) in [7, 11) is 3.41. The average molecular weight is 405 g/mol. The van der Waals surface area contributed by atoms with Gasteiger partial charge in [0.25, 0.3) is 5.91 Å². The van der Waals surface area contributed by atoms with Gasteiger partial charge in [-0.2, -0.15) is 0 Å². The number of ether oxygens (including phenoxy) is 2. The van der Waals surface area contributed by atoms with Crippen LogP contribution in [0.2, 0.25) is 0 Å². The number of nitrogens with zero attached hydrogens (tertiary/aromatic N) is 2. The SMILES string of the molecule is CCCCC1COc2cccc3c2N1C=C/C3=C\C(=O)N(C)c1ccc(OC)cc1. The maximum absolute atomic E-state index is 13.0. The van der Waals surface area contributed by atoms with Crippen LogP contribution in [0, 0.1) is 0 Å². The van der Waals surface area contributed by atoms with Gasteiger partial charge < -0.3 is 19.3 Å². The van der Waals surface area contributed by atoms with Crippen LogP contribution in [-0.4, -0.2) is 32.7 Å². The van der Waals surface area contributed by atoms with Crippen LogP contribution in [0.3, 0.4) is 0 Å². The summed E-state index contributed by atoms with van der Waals surface area (Å²) in [6.45, 7) is 2.90. The van der Waals surface area contributed by atoms with Crippen molar-refractivity contribution in [2.75, 3.05) is 30.6 Å². The summed E-state index contributed by atoms with van der Waals surface area (Å²) in [5, 5.41) is 0. The van der Waals surface area contributed by atoms with Crippen LogP contribution in [0.15, 0.2) is 60.8 Å². The zero-order chi connectivity index (χ0) is 21.1. The standard InChI is InChI=1S/C25H28N2O3/c1-4-5-7-20-17-30-23-9-6-8-22-18(14-15-27(20)25(22)23)16-24(28)26(2)19-10-12-21(29-3)13-11-19/h6,8-16,20H,4-5,7,17H2,1-3H3/b18-16+. The van der Waals surface area contributed by atoms with Gasteiger partial charge in [0.1, 0.15) is 18.1 Å². The van der Waals surface area contributed by atoms with E-state index in [0.29, 0.717) is 12.6 Å². The first-order valence-electron chi connectivity index (χ1n) is 10.5. The molecule has 2 aromatic carbocycles. The monoisotopic (exact) mass is 404 g/mol. The number of anilines is 2. The van der Waals surface area contributed by atoms with Gasteiger partial charge in [-0.1, -0.05) is 31.9 Å². The summed E-state index contributed by atoms with van der Waals surface area (Å²) in [5.41, 5.74) is 3.82. The van der Waals surface area contributed by atoms with Crippen LogP contribution < -0.4 is 19.3 Å². The van der Waals surface area contributed by atoms with Crippen molar-refractivity contribution in [2.24, 2.45) is 0 Å². The summed E-state index contributed by atoms with van der Waals surface area (Å²) < 4.78 is 11.3. The van der Waals surface area contributed by atoms with Gasteiger partial charge in [-0.05, 0) is 48.4 Å². The number of benzene rings is 2. The second kappa shape index (κ2) is 8.66. The first kappa shape index (κ1) is 20.1. The molecule has 1 atom stereocenters. The molecule has 2 aliphatic rings. The van der Waals surface area contributed by atoms with Gasteiger partial charge >= 0.3 is 0 Å². The molecule has 30 heavy (non-hydrogen) atoms. The molecule has 0 bridgehead atoms. The van der Waals surface area contributed by atoms with Crippen LogP contribution in [0.5, 0.6) is 11.5 Å². The Labute approximate surface area is 178 Å². The van der Waals surface area contributed by atoms with E-state index >= 15 is 0 Å². The number of carbonyl (C=O) groups excluding carboxylic acids is 1. The Morgan fingerprint density at radius 1 is 1.27 bits per heavy atom. The molecule has 0 aliphatic carbocycles. The Morgan fingerprint density at radius 2 is 2.07 bits per heavy atom. The molecule has 0 spiro atoms. The molecule has 2 heterocycles. The summed E-state index contributed by atoms with van der Waals surface area (Å²) in [4.78, 5) is 16.9. The molecule has 0 aromatic heterocycles. The van der Waals surface area contributed by atoms with E-state index < -0.39 is 0 Å². The topological polar surface area (TPSA) is 42.0 Å². The molecule has 2 aromatic rings. The number of carbonyl (C=O) groups is 1. The van der Waals surface area contributed by atoms with Crippen LogP contribution in [0.4, 0.5) is 11.4 Å². The van der Waals surface area contributed by atoms with Gasteiger partial charge in [0.15, 0.2) is 0 Å². The Kier molecular flexibility index (Phi) is 5.79. The predicted molar refractivity (Wildman–Crippen MR) is 121 cm³/mol. The minimum atomic E-state index is -0.0786. The molecule has 0 N–H and O–H groups in total. The van der Waals surface area contributed by atoms with Crippen LogP contribution in [0.25, 0.3) is 5.57 Å². The van der Waals surface area contributed by atoms with Gasteiger partial charge in [0, 0.05) is 30.6 Å². The quantitative estimate of drug-likeness (QED) is 0.634. The second-order valence-electron chi connectivity index (χ2n) is 7.68. The van der Waals surface area contributed by atoms with E-state index in [9.17, 15) is 4.79 Å². The van der Waals surface area contributed by atoms with Crippen molar-refractivity contribution in [3.63, 3.8) is 0 Å². The van der Waals surface area contributed by atoms with Gasteiger partial charge in [-0.15, -0.1) is 0 Å². The molecule has 1 amide bonds. The lowest BCUT2D eigenvalue weighted by atomic mass is 9.95. The highest BCUT2D eigenvalue weighted by Gasteiger charge is 2.31. The van der Waals surface area contributed by atoms with Crippen LogP contribution >= 0.6 is 0 Å². The summed E-state index contributed by atoms with van der Waals surface area (Å²) in [6, 6.07) is 13.8. The number of para-hydroxylation sites is 1. The van der Waals surface area contributed by atoms with Crippen molar-refractivity contribution < 1.29 is 14.3 Å². The minimum absolute atomic E-state index is 0.0786. The summed E-state index contributed by atoms with van der Waals surface area (Å²) in [5.74, 6) is 1.57. The molecule has 4 rings (SSSR count). The average Bonchev–Trinajstić information content (AvgIpc) is 2.79. The summed E-state index contributed by atoms with van der Waals surface area (Å²) in [6.07, 6.45) is 9.26. The second-order valence-corrected chi connectivity index (χ2v) is 7.68. The molecule has 156 valence electrons. The van der Waals surface area contributed by atoms with E-state index in [1.807, 2.05) is 42.5 Å². The highest BCUT2D eigenvalue weighted by atomic mass is 16.5. The first-order valence-corrected chi connectivity index (χ1v) is 10.5. The van der Waals surface area contributed by atoms with Crippen LogP contribution in [0.1, 0.15) is 31.7 Å². The Bertz CT molecular complexity index is 978. The third-order valence-corrected chi connectivity index (χ3v) is 5.77. The van der Waals surface area contributed by atoms with Crippen LogP contribution in [-0.2, 0) is 4.79 Å². The third kappa shape index (κ3) is 3.80. The fourth-order valence-electron chi connectivity index (χ4n) is 3.98. The van der Waals surface area contributed by atoms with E-state index in [2.05, 4.69) is 24.1 Å². The van der Waals surface area contributed by atoms with E-state index in [4.69, 9.17) is 9.47 Å². The van der Waals surface area contributed by atoms with E-state index in [-0.39, 0.29) is 5.91 Å². The van der Waals surface area contributed by atoms with Gasteiger partial charge in [-0.3, -0.25) is 4.79 Å². The molecule has 0 radical (unpaired) electrons. The fraction of sp³-hybridized carbons (Fsp3) is 0.320. The zero-order valence-corrected chi connectivity index (χ0v) is 17.8. The van der Waals surface area contributed by atoms with Gasteiger partial charge in [0.2, 0.25) is 0 Å². The molecule has 0 saturated heterocycles. The number of unbranched alkanes of at least 4 members (excludes halogenated alkanes) is 1. The molecule has 5 heteroatoms. The Hall–Kier alpha value is -3.21. The van der Waals surface area contributed by atoms with Crippen molar-refractivity contribution in [2.45, 2.75) is 32.2 Å². The molecular weight excluding hydrogens is 376 g/mol. The minimum Gasteiger partial charge on any atom is -0.497 e. The highest BCUT2D eigenvalue weighted by Crippen LogP contribution is 2.44. The Morgan fingerprint density at radius 3 is 2.80 bits per heavy atom. The van der Waals surface area contributed by atoms with E-state index in [1.54, 1.807) is 25.1 Å². The van der Waals surface area contributed by atoms with E-state index in [0.717, 1.165) is 40.4 Å². The molecular formula is C25H28N2O3. The van der Waals surface area contributed by atoms with Gasteiger partial charge in [-0.25, -0.2) is 0 Å². The smallest absolute Gasteiger partial charge is 0.251 e. The number of likely N-dealkylation sites (N-methyl/N-ethyl adjacent to an activating group) is 1. The third-order valence-electron chi connectivity index (χ3n) is 5.77. The normalized spacial score (nSPS) is 18.0. The fourth-order valence-corrected chi connectivity index (χ4v) is 3.98. The van der Waals surface area contributed by atoms with E-state index in [1.165, 1.54) is 12.8 Å². The molecule has 0 fully saturated rings. The summed E-state index contributed by atoms with van der Waals surface area (Å²) >= 11 is 0. The van der Waals surface area contributed by atoms with Crippen molar-refractivity contribution >= 4 is 22.9 Å². The molecule has 2 aliphatic heterocycles. The zero-order valence-electron chi connectivity index (χ0n) is 17.8. The number of hydrogen-bond donors (Lipinski definition) is 0. The highest BCUT2D eigenvalue weighted by molar-refractivity contribution is 6.08. The van der Waals surface area contributed by atoms with Crippen molar-refractivity contribution in [3.05, 3.63) is 66.4 Å². The maximum Gasteiger partial charge on any atom is 0.251 e. The Balaban J connectivity index is 1.62. The van der Waals surface area contributed by atoms with Crippen molar-refractivity contribution in [1.82, 2.24) is 0 Å². The van der Waals surface area contributed by atoms with Crippen molar-refractivity contribution in [3.8, 4) is 11.5 Å². The van der Waals surface area contributed by atoms with Crippen molar-refractivity contribution in [1.29, 1.82) is 0 Å². The number of hydrogen-bond acceptors (Lipinski definition) is 4. The lowest BCUT2D eigenvalue weighted by Gasteiger charge is -2.40. The number of rotatable bonds is 6. The maximum atomic E-state index is 13.0. The largest absolute Gasteiger partial charge is 0.497 e. The number of methoxy groups -OCH3 is 1. The number of amides is 1. The lowest BCUT2D eigenvalue weighted by Crippen LogP contribution is -2.41. The number of allylic oxidation sites excluding steroid dienone is 2.